The molecule has 0 aliphatic carbocycles. The molecule has 32 heavy (non-hydrogen) atoms. The van der Waals surface area contributed by atoms with Gasteiger partial charge in [-0.3, -0.25) is 9.59 Å². The van der Waals surface area contributed by atoms with Crippen molar-refractivity contribution in [1.29, 1.82) is 0 Å². The highest BCUT2D eigenvalue weighted by Gasteiger charge is 2.44. The molecule has 0 saturated heterocycles. The van der Waals surface area contributed by atoms with E-state index in [9.17, 15) is 9.59 Å². The Morgan fingerprint density at radius 3 is 2.56 bits per heavy atom. The lowest BCUT2D eigenvalue weighted by Gasteiger charge is -2.42. The predicted octanol–water partition coefficient (Wildman–Crippen LogP) is 5.72. The van der Waals surface area contributed by atoms with Crippen LogP contribution in [0.5, 0.6) is 5.75 Å². The molecule has 0 radical (unpaired) electrons. The maximum Gasteiger partial charge on any atom is 0.254 e. The van der Waals surface area contributed by atoms with Crippen molar-refractivity contribution in [2.24, 2.45) is 5.92 Å². The fourth-order valence-corrected chi connectivity index (χ4v) is 5.18. The molecule has 5 nitrogen and oxygen atoms in total. The summed E-state index contributed by atoms with van der Waals surface area (Å²) in [6, 6.07) is 18.5. The van der Waals surface area contributed by atoms with Crippen molar-refractivity contribution in [2.45, 2.75) is 32.7 Å². The lowest BCUT2D eigenvalue weighted by molar-refractivity contribution is -0.119. The monoisotopic (exact) mass is 448 g/mol. The first-order valence-electron chi connectivity index (χ1n) is 11.0. The maximum absolute atomic E-state index is 13.8. The van der Waals surface area contributed by atoms with Crippen LogP contribution >= 0.6 is 11.3 Å². The Labute approximate surface area is 193 Å². The number of carbonyl (C=O) groups excluding carboxylic acids is 2. The zero-order valence-electron chi connectivity index (χ0n) is 18.6. The summed E-state index contributed by atoms with van der Waals surface area (Å²) in [6.07, 6.45) is 0. The maximum atomic E-state index is 13.8. The first-order chi connectivity index (χ1) is 15.5. The number of rotatable bonds is 7. The van der Waals surface area contributed by atoms with Crippen molar-refractivity contribution in [2.75, 3.05) is 18.5 Å². The number of ether oxygens (including phenoxy) is 1. The van der Waals surface area contributed by atoms with Gasteiger partial charge in [0.2, 0.25) is 5.91 Å². The zero-order chi connectivity index (χ0) is 22.7. The number of carbonyl (C=O) groups is 2. The van der Waals surface area contributed by atoms with E-state index >= 15 is 0 Å². The molecule has 0 saturated carbocycles. The van der Waals surface area contributed by atoms with Crippen molar-refractivity contribution < 1.29 is 14.3 Å². The number of hydrogen-bond donors (Lipinski definition) is 1. The van der Waals surface area contributed by atoms with E-state index in [0.717, 1.165) is 10.4 Å². The van der Waals surface area contributed by atoms with Gasteiger partial charge in [-0.05, 0) is 48.1 Å². The second-order valence-electron chi connectivity index (χ2n) is 8.29. The molecule has 1 aromatic heterocycles. The highest BCUT2D eigenvalue weighted by atomic mass is 32.1. The van der Waals surface area contributed by atoms with Gasteiger partial charge in [-0.2, -0.15) is 0 Å². The Kier molecular flexibility index (Phi) is 6.61. The second kappa shape index (κ2) is 9.57. The minimum Gasteiger partial charge on any atom is -0.492 e. The molecule has 0 bridgehead atoms. The molecule has 166 valence electrons. The summed E-state index contributed by atoms with van der Waals surface area (Å²) in [5.41, 5.74) is 2.00. The van der Waals surface area contributed by atoms with Crippen molar-refractivity contribution in [3.05, 3.63) is 82.0 Å². The summed E-state index contributed by atoms with van der Waals surface area (Å²) in [5, 5.41) is 5.08. The van der Waals surface area contributed by atoms with Crippen LogP contribution in [0, 0.1) is 5.92 Å². The number of hydrogen-bond acceptors (Lipinski definition) is 4. The zero-order valence-corrected chi connectivity index (χ0v) is 19.4. The first kappa shape index (κ1) is 22.1. The molecule has 3 aromatic rings. The number of para-hydroxylation sites is 2. The standard InChI is InChI=1S/C26H28N2O3S/c1-4-31-21-13-8-7-12-20(21)27-25(29)23-18-10-5-6-11-19(18)26(30)28(16-17(2)3)24(23)22-14-9-15-32-22/h5-15,17,23-24H,4,16H2,1-3H3,(H,27,29)/t23-,24+/m0/s1. The summed E-state index contributed by atoms with van der Waals surface area (Å²) >= 11 is 1.58. The van der Waals surface area contributed by atoms with E-state index in [1.807, 2.05) is 77.9 Å². The molecule has 4 rings (SSSR count). The van der Waals surface area contributed by atoms with Gasteiger partial charge < -0.3 is 15.0 Å². The van der Waals surface area contributed by atoms with E-state index in [2.05, 4.69) is 19.2 Å². The summed E-state index contributed by atoms with van der Waals surface area (Å²) in [4.78, 5) is 30.2. The molecule has 0 fully saturated rings. The number of nitrogens with zero attached hydrogens (tertiary/aromatic N) is 1. The lowest BCUT2D eigenvalue weighted by Crippen LogP contribution is -2.47. The Morgan fingerprint density at radius 2 is 1.84 bits per heavy atom. The van der Waals surface area contributed by atoms with Crippen LogP contribution in [-0.2, 0) is 4.79 Å². The molecule has 0 unspecified atom stereocenters. The molecule has 1 N–H and O–H groups in total. The van der Waals surface area contributed by atoms with E-state index in [0.29, 0.717) is 30.2 Å². The van der Waals surface area contributed by atoms with E-state index in [4.69, 9.17) is 4.74 Å². The van der Waals surface area contributed by atoms with Gasteiger partial charge in [-0.15, -0.1) is 11.3 Å². The fraction of sp³-hybridized carbons (Fsp3) is 0.308. The van der Waals surface area contributed by atoms with E-state index in [-0.39, 0.29) is 23.8 Å². The van der Waals surface area contributed by atoms with Crippen molar-refractivity contribution >= 4 is 28.8 Å². The minimum atomic E-state index is -0.531. The Hall–Kier alpha value is -3.12. The molecule has 6 heteroatoms. The minimum absolute atomic E-state index is 0.0218. The van der Waals surface area contributed by atoms with E-state index < -0.39 is 5.92 Å². The number of nitrogens with one attached hydrogen (secondary N) is 1. The van der Waals surface area contributed by atoms with Gasteiger partial charge in [0, 0.05) is 17.0 Å². The van der Waals surface area contributed by atoms with Gasteiger partial charge in [-0.1, -0.05) is 50.2 Å². The Morgan fingerprint density at radius 1 is 1.09 bits per heavy atom. The number of thiophene rings is 1. The van der Waals surface area contributed by atoms with Crippen LogP contribution in [0.4, 0.5) is 5.69 Å². The van der Waals surface area contributed by atoms with Crippen LogP contribution in [0.2, 0.25) is 0 Å². The third-order valence-corrected chi connectivity index (χ3v) is 6.51. The topological polar surface area (TPSA) is 58.6 Å². The third kappa shape index (κ3) is 4.28. The molecule has 0 spiro atoms. The summed E-state index contributed by atoms with van der Waals surface area (Å²) in [5.74, 6) is 0.205. The first-order valence-corrected chi connectivity index (χ1v) is 11.8. The molecule has 2 amide bonds. The van der Waals surface area contributed by atoms with E-state index in [1.165, 1.54) is 0 Å². The van der Waals surface area contributed by atoms with Gasteiger partial charge in [0.05, 0.1) is 24.3 Å². The van der Waals surface area contributed by atoms with E-state index in [1.54, 1.807) is 11.3 Å². The quantitative estimate of drug-likeness (QED) is 0.503. The average molecular weight is 449 g/mol. The normalized spacial score (nSPS) is 17.9. The highest BCUT2D eigenvalue weighted by molar-refractivity contribution is 7.10. The number of anilines is 1. The summed E-state index contributed by atoms with van der Waals surface area (Å²) in [7, 11) is 0. The Bertz CT molecular complexity index is 1090. The van der Waals surface area contributed by atoms with Gasteiger partial charge in [0.15, 0.2) is 0 Å². The van der Waals surface area contributed by atoms with Crippen molar-refractivity contribution in [3.63, 3.8) is 0 Å². The van der Waals surface area contributed by atoms with Crippen LogP contribution in [-0.4, -0.2) is 29.9 Å². The molecule has 1 aliphatic heterocycles. The largest absolute Gasteiger partial charge is 0.492 e. The summed E-state index contributed by atoms with van der Waals surface area (Å²) in [6.45, 7) is 7.18. The number of benzene rings is 2. The Balaban J connectivity index is 1.80. The lowest BCUT2D eigenvalue weighted by atomic mass is 9.81. The molecule has 2 atom stereocenters. The third-order valence-electron chi connectivity index (χ3n) is 5.56. The predicted molar refractivity (Wildman–Crippen MR) is 128 cm³/mol. The molecule has 1 aliphatic rings. The van der Waals surface area contributed by atoms with Gasteiger partial charge in [0.1, 0.15) is 5.75 Å². The van der Waals surface area contributed by atoms with Crippen LogP contribution in [0.3, 0.4) is 0 Å². The van der Waals surface area contributed by atoms with Gasteiger partial charge >= 0.3 is 0 Å². The van der Waals surface area contributed by atoms with Crippen LogP contribution < -0.4 is 10.1 Å². The van der Waals surface area contributed by atoms with Gasteiger partial charge in [0.25, 0.3) is 5.91 Å². The number of amides is 2. The molecular weight excluding hydrogens is 420 g/mol. The molecular formula is C26H28N2O3S. The molecule has 2 aromatic carbocycles. The van der Waals surface area contributed by atoms with Gasteiger partial charge in [-0.25, -0.2) is 0 Å². The SMILES string of the molecule is CCOc1ccccc1NC(=O)[C@H]1c2ccccc2C(=O)N(CC(C)C)[C@@H]1c1cccs1. The average Bonchev–Trinajstić information content (AvgIpc) is 3.31. The highest BCUT2D eigenvalue weighted by Crippen LogP contribution is 2.45. The summed E-state index contributed by atoms with van der Waals surface area (Å²) < 4.78 is 5.71. The smallest absolute Gasteiger partial charge is 0.254 e. The second-order valence-corrected chi connectivity index (χ2v) is 9.27. The fourth-order valence-electron chi connectivity index (χ4n) is 4.31. The van der Waals surface area contributed by atoms with Crippen LogP contribution in [0.15, 0.2) is 66.0 Å². The van der Waals surface area contributed by atoms with Crippen LogP contribution in [0.1, 0.15) is 53.5 Å². The van der Waals surface area contributed by atoms with Crippen molar-refractivity contribution in [3.8, 4) is 5.75 Å². The molecule has 2 heterocycles. The van der Waals surface area contributed by atoms with Crippen LogP contribution in [0.25, 0.3) is 0 Å². The van der Waals surface area contributed by atoms with Crippen molar-refractivity contribution in [1.82, 2.24) is 4.90 Å². The number of fused-ring (bicyclic) bond motifs is 1.